The van der Waals surface area contributed by atoms with Crippen LogP contribution in [0, 0.1) is 0 Å². The number of rotatable bonds is 16. The third-order valence-electron chi connectivity index (χ3n) is 3.39. The second-order valence-corrected chi connectivity index (χ2v) is 7.17. The van der Waals surface area contributed by atoms with Crippen molar-refractivity contribution in [2.75, 3.05) is 65.2 Å². The van der Waals surface area contributed by atoms with Crippen LogP contribution in [0.2, 0.25) is 0 Å². The molecule has 8 heteroatoms. The van der Waals surface area contributed by atoms with Crippen LogP contribution >= 0.6 is 0 Å². The van der Waals surface area contributed by atoms with E-state index in [9.17, 15) is 4.79 Å². The summed E-state index contributed by atoms with van der Waals surface area (Å²) in [5.41, 5.74) is 5.94. The number of ether oxygens (including phenoxy) is 6. The Balaban J connectivity index is 1.79. The highest BCUT2D eigenvalue weighted by atomic mass is 16.6. The molecule has 0 fully saturated rings. The molecular formula is C21H35NO7. The zero-order valence-electron chi connectivity index (χ0n) is 17.8. The van der Waals surface area contributed by atoms with Crippen LogP contribution in [-0.4, -0.2) is 71.0 Å². The van der Waals surface area contributed by atoms with Crippen LogP contribution in [0.1, 0.15) is 27.2 Å². The molecule has 0 amide bonds. The standard InChI is InChI=1S/C21H35NO7/c1-21(2,3)29-20(23)8-9-24-10-11-25-12-13-26-14-15-27-16-17-28-19-7-5-4-6-18(19)22/h4-7H,8-17,22H2,1-3H3. The highest BCUT2D eigenvalue weighted by Crippen LogP contribution is 2.19. The fourth-order valence-electron chi connectivity index (χ4n) is 2.13. The van der Waals surface area contributed by atoms with Crippen LogP contribution in [-0.2, 0) is 28.5 Å². The number of hydrogen-bond acceptors (Lipinski definition) is 8. The lowest BCUT2D eigenvalue weighted by Crippen LogP contribution is -2.24. The first kappa shape index (κ1) is 25.2. The molecule has 1 rings (SSSR count). The van der Waals surface area contributed by atoms with Gasteiger partial charge < -0.3 is 34.2 Å². The number of anilines is 1. The Hall–Kier alpha value is -1.87. The molecule has 0 heterocycles. The van der Waals surface area contributed by atoms with E-state index in [4.69, 9.17) is 34.2 Å². The molecule has 0 bridgehead atoms. The van der Waals surface area contributed by atoms with E-state index in [0.717, 1.165) is 0 Å². The van der Waals surface area contributed by atoms with Gasteiger partial charge in [0.15, 0.2) is 0 Å². The average Bonchev–Trinajstić information content (AvgIpc) is 2.64. The number of para-hydroxylation sites is 2. The lowest BCUT2D eigenvalue weighted by Gasteiger charge is -2.19. The minimum absolute atomic E-state index is 0.240. The van der Waals surface area contributed by atoms with Crippen LogP contribution in [0.4, 0.5) is 5.69 Å². The Morgan fingerprint density at radius 2 is 1.28 bits per heavy atom. The van der Waals surface area contributed by atoms with Crippen molar-refractivity contribution in [2.45, 2.75) is 32.8 Å². The number of benzene rings is 1. The van der Waals surface area contributed by atoms with Gasteiger partial charge >= 0.3 is 5.97 Å². The molecule has 1 aromatic rings. The highest BCUT2D eigenvalue weighted by Gasteiger charge is 2.15. The van der Waals surface area contributed by atoms with Gasteiger partial charge in [-0.25, -0.2) is 0 Å². The molecule has 0 spiro atoms. The van der Waals surface area contributed by atoms with Crippen molar-refractivity contribution >= 4 is 11.7 Å². The maximum absolute atomic E-state index is 11.5. The van der Waals surface area contributed by atoms with Crippen molar-refractivity contribution in [1.82, 2.24) is 0 Å². The molecule has 0 aromatic heterocycles. The van der Waals surface area contributed by atoms with E-state index in [2.05, 4.69) is 0 Å². The minimum Gasteiger partial charge on any atom is -0.489 e. The smallest absolute Gasteiger partial charge is 0.308 e. The summed E-state index contributed by atoms with van der Waals surface area (Å²) in [4.78, 5) is 11.5. The number of carbonyl (C=O) groups excluding carboxylic acids is 1. The van der Waals surface area contributed by atoms with Gasteiger partial charge in [-0.2, -0.15) is 0 Å². The first-order valence-electron chi connectivity index (χ1n) is 9.88. The van der Waals surface area contributed by atoms with Gasteiger partial charge in [0.1, 0.15) is 18.0 Å². The van der Waals surface area contributed by atoms with Crippen molar-refractivity contribution in [3.63, 3.8) is 0 Å². The maximum atomic E-state index is 11.5. The molecule has 0 saturated heterocycles. The van der Waals surface area contributed by atoms with E-state index >= 15 is 0 Å². The number of nitrogen functional groups attached to an aromatic ring is 1. The average molecular weight is 414 g/mol. The Morgan fingerprint density at radius 3 is 1.79 bits per heavy atom. The minimum atomic E-state index is -0.463. The van der Waals surface area contributed by atoms with Crippen molar-refractivity contribution in [3.05, 3.63) is 24.3 Å². The topological polar surface area (TPSA) is 98.5 Å². The molecule has 2 N–H and O–H groups in total. The summed E-state index contributed by atoms with van der Waals surface area (Å²) >= 11 is 0. The van der Waals surface area contributed by atoms with Crippen LogP contribution in [0.3, 0.4) is 0 Å². The summed E-state index contributed by atoms with van der Waals surface area (Å²) in [6.07, 6.45) is 0.240. The monoisotopic (exact) mass is 413 g/mol. The fourth-order valence-corrected chi connectivity index (χ4v) is 2.13. The molecule has 0 saturated carbocycles. The predicted octanol–water partition coefficient (Wildman–Crippen LogP) is 2.45. The van der Waals surface area contributed by atoms with E-state index in [0.29, 0.717) is 70.9 Å². The Kier molecular flexibility index (Phi) is 13.0. The molecule has 0 aliphatic heterocycles. The van der Waals surface area contributed by atoms with Crippen LogP contribution in [0.5, 0.6) is 5.75 Å². The largest absolute Gasteiger partial charge is 0.489 e. The SMILES string of the molecule is CC(C)(C)OC(=O)CCOCCOCCOCCOCCOc1ccccc1N. The van der Waals surface area contributed by atoms with Gasteiger partial charge in [-0.05, 0) is 32.9 Å². The van der Waals surface area contributed by atoms with Crippen molar-refractivity contribution < 1.29 is 33.2 Å². The van der Waals surface area contributed by atoms with Gasteiger partial charge in [-0.15, -0.1) is 0 Å². The molecule has 0 atom stereocenters. The second kappa shape index (κ2) is 15.0. The molecule has 0 aliphatic carbocycles. The molecule has 8 nitrogen and oxygen atoms in total. The Morgan fingerprint density at radius 1 is 0.793 bits per heavy atom. The van der Waals surface area contributed by atoms with Crippen LogP contribution in [0.15, 0.2) is 24.3 Å². The van der Waals surface area contributed by atoms with Gasteiger partial charge in [0.05, 0.1) is 65.0 Å². The molecule has 166 valence electrons. The fraction of sp³-hybridized carbons (Fsp3) is 0.667. The summed E-state index contributed by atoms with van der Waals surface area (Å²) in [5, 5.41) is 0. The van der Waals surface area contributed by atoms with E-state index in [1.54, 1.807) is 6.07 Å². The van der Waals surface area contributed by atoms with Crippen LogP contribution < -0.4 is 10.5 Å². The Labute approximate surface area is 173 Å². The molecular weight excluding hydrogens is 378 g/mol. The molecule has 0 aliphatic rings. The van der Waals surface area contributed by atoms with Gasteiger partial charge in [0, 0.05) is 0 Å². The van der Waals surface area contributed by atoms with Crippen molar-refractivity contribution in [1.29, 1.82) is 0 Å². The lowest BCUT2D eigenvalue weighted by molar-refractivity contribution is -0.156. The number of carbonyl (C=O) groups is 1. The van der Waals surface area contributed by atoms with E-state index in [1.165, 1.54) is 0 Å². The maximum Gasteiger partial charge on any atom is 0.308 e. The highest BCUT2D eigenvalue weighted by molar-refractivity contribution is 5.69. The van der Waals surface area contributed by atoms with E-state index in [1.807, 2.05) is 39.0 Å². The molecule has 1 aromatic carbocycles. The number of nitrogens with two attached hydrogens (primary N) is 1. The molecule has 0 radical (unpaired) electrons. The lowest BCUT2D eigenvalue weighted by atomic mass is 10.2. The Bertz CT molecular complexity index is 560. The third kappa shape index (κ3) is 14.7. The van der Waals surface area contributed by atoms with Crippen molar-refractivity contribution in [2.24, 2.45) is 0 Å². The summed E-state index contributed by atoms with van der Waals surface area (Å²) in [7, 11) is 0. The zero-order chi connectivity index (χ0) is 21.4. The van der Waals surface area contributed by atoms with Gasteiger partial charge in [0.25, 0.3) is 0 Å². The number of hydrogen-bond donors (Lipinski definition) is 1. The van der Waals surface area contributed by atoms with E-state index < -0.39 is 5.60 Å². The third-order valence-corrected chi connectivity index (χ3v) is 3.39. The summed E-state index contributed by atoms with van der Waals surface area (Å²) in [6, 6.07) is 7.35. The molecule has 0 unspecified atom stereocenters. The molecule has 29 heavy (non-hydrogen) atoms. The number of esters is 1. The summed E-state index contributed by atoms with van der Waals surface area (Å²) in [5.74, 6) is 0.406. The van der Waals surface area contributed by atoms with Gasteiger partial charge in [-0.3, -0.25) is 4.79 Å². The quantitative estimate of drug-likeness (QED) is 0.251. The van der Waals surface area contributed by atoms with E-state index in [-0.39, 0.29) is 12.4 Å². The first-order valence-corrected chi connectivity index (χ1v) is 9.88. The second-order valence-electron chi connectivity index (χ2n) is 7.17. The summed E-state index contributed by atoms with van der Waals surface area (Å²) in [6.45, 7) is 9.56. The van der Waals surface area contributed by atoms with Crippen molar-refractivity contribution in [3.8, 4) is 5.75 Å². The van der Waals surface area contributed by atoms with Crippen LogP contribution in [0.25, 0.3) is 0 Å². The summed E-state index contributed by atoms with van der Waals surface area (Å²) < 4.78 is 32.3. The first-order chi connectivity index (χ1) is 13.9. The van der Waals surface area contributed by atoms with Gasteiger partial charge in [0.2, 0.25) is 0 Å². The predicted molar refractivity (Wildman–Crippen MR) is 110 cm³/mol. The normalized spacial score (nSPS) is 11.4. The van der Waals surface area contributed by atoms with Gasteiger partial charge in [-0.1, -0.05) is 12.1 Å². The zero-order valence-corrected chi connectivity index (χ0v) is 17.8.